The molecule has 4 rings (SSSR count). The van der Waals surface area contributed by atoms with Crippen molar-refractivity contribution in [3.8, 4) is 11.5 Å². The zero-order valence-electron chi connectivity index (χ0n) is 14.1. The van der Waals surface area contributed by atoms with Gasteiger partial charge < -0.3 is 14.4 Å². The predicted octanol–water partition coefficient (Wildman–Crippen LogP) is 2.92. The Kier molecular flexibility index (Phi) is 3.93. The summed E-state index contributed by atoms with van der Waals surface area (Å²) in [6, 6.07) is 7.79. The molecule has 2 aliphatic rings. The number of aromatic nitrogens is 1. The Morgan fingerprint density at radius 3 is 2.80 bits per heavy atom. The van der Waals surface area contributed by atoms with Crippen molar-refractivity contribution in [2.45, 2.75) is 0 Å². The highest BCUT2D eigenvalue weighted by molar-refractivity contribution is 6.20. The number of pyridine rings is 1. The number of aliphatic imine (C=N–C) groups is 2. The van der Waals surface area contributed by atoms with Gasteiger partial charge in [-0.3, -0.25) is 9.98 Å². The summed E-state index contributed by atoms with van der Waals surface area (Å²) in [5.41, 5.74) is 2.74. The first-order chi connectivity index (χ1) is 12.3. The minimum Gasteiger partial charge on any atom is -0.493 e. The Morgan fingerprint density at radius 1 is 1.12 bits per heavy atom. The molecule has 6 nitrogen and oxygen atoms in total. The molecule has 0 saturated heterocycles. The van der Waals surface area contributed by atoms with E-state index in [4.69, 9.17) is 14.5 Å². The van der Waals surface area contributed by atoms with E-state index < -0.39 is 0 Å². The number of benzene rings is 1. The van der Waals surface area contributed by atoms with E-state index in [-0.39, 0.29) is 0 Å². The smallest absolute Gasteiger partial charge is 0.187 e. The van der Waals surface area contributed by atoms with Gasteiger partial charge in [0.25, 0.3) is 0 Å². The fourth-order valence-electron chi connectivity index (χ4n) is 3.05. The Balaban J connectivity index is 1.82. The van der Waals surface area contributed by atoms with Crippen molar-refractivity contribution in [3.63, 3.8) is 0 Å². The molecule has 0 aliphatic carbocycles. The number of amidine groups is 2. The molecule has 2 aliphatic heterocycles. The van der Waals surface area contributed by atoms with Crippen molar-refractivity contribution in [1.82, 2.24) is 9.88 Å². The number of rotatable bonds is 4. The lowest BCUT2D eigenvalue weighted by atomic mass is 10.1. The second-order valence-electron chi connectivity index (χ2n) is 5.64. The lowest BCUT2D eigenvalue weighted by molar-refractivity contribution is 0.356. The van der Waals surface area contributed by atoms with Crippen LogP contribution in [0, 0.1) is 0 Å². The van der Waals surface area contributed by atoms with Crippen LogP contribution in [0.3, 0.4) is 0 Å². The normalized spacial score (nSPS) is 15.5. The van der Waals surface area contributed by atoms with Gasteiger partial charge >= 0.3 is 0 Å². The Labute approximate surface area is 146 Å². The summed E-state index contributed by atoms with van der Waals surface area (Å²) >= 11 is 0. The number of hydrogen-bond donors (Lipinski definition) is 0. The molecule has 0 N–H and O–H groups in total. The van der Waals surface area contributed by atoms with Gasteiger partial charge in [0, 0.05) is 24.5 Å². The third-order valence-corrected chi connectivity index (χ3v) is 4.21. The van der Waals surface area contributed by atoms with Crippen LogP contribution in [0.15, 0.2) is 52.7 Å². The number of hydrogen-bond acceptors (Lipinski definition) is 6. The molecule has 6 heteroatoms. The van der Waals surface area contributed by atoms with E-state index in [9.17, 15) is 0 Å². The summed E-state index contributed by atoms with van der Waals surface area (Å²) in [6.45, 7) is 1.57. The molecule has 2 aromatic rings. The van der Waals surface area contributed by atoms with Crippen molar-refractivity contribution in [2.24, 2.45) is 9.98 Å². The maximum Gasteiger partial charge on any atom is 0.187 e. The van der Waals surface area contributed by atoms with Crippen LogP contribution in [0.25, 0.3) is 6.08 Å². The molecule has 0 amide bonds. The molecule has 25 heavy (non-hydrogen) atoms. The van der Waals surface area contributed by atoms with Gasteiger partial charge in [-0.15, -0.1) is 0 Å². The van der Waals surface area contributed by atoms with Gasteiger partial charge in [0.05, 0.1) is 20.8 Å². The van der Waals surface area contributed by atoms with Gasteiger partial charge in [0.2, 0.25) is 0 Å². The molecule has 0 fully saturated rings. The molecule has 0 radical (unpaired) electrons. The monoisotopic (exact) mass is 334 g/mol. The Morgan fingerprint density at radius 2 is 2.04 bits per heavy atom. The van der Waals surface area contributed by atoms with Gasteiger partial charge in [0.15, 0.2) is 11.5 Å². The SMILES string of the molecule is COc1ccc2c(c1OC)N=C(C=Cc1cccnc1)N1CCN=C21. The number of ether oxygens (including phenoxy) is 2. The zero-order chi connectivity index (χ0) is 17.2. The van der Waals surface area contributed by atoms with E-state index in [2.05, 4.69) is 14.9 Å². The average Bonchev–Trinajstić information content (AvgIpc) is 3.16. The highest BCUT2D eigenvalue weighted by Crippen LogP contribution is 2.43. The van der Waals surface area contributed by atoms with E-state index >= 15 is 0 Å². The lowest BCUT2D eigenvalue weighted by Gasteiger charge is -2.27. The average molecular weight is 334 g/mol. The zero-order valence-corrected chi connectivity index (χ0v) is 14.1. The fraction of sp³-hybridized carbons (Fsp3) is 0.211. The molecule has 1 aromatic heterocycles. The second-order valence-corrected chi connectivity index (χ2v) is 5.64. The maximum atomic E-state index is 5.55. The summed E-state index contributed by atoms with van der Waals surface area (Å²) < 4.78 is 11.0. The van der Waals surface area contributed by atoms with Crippen LogP contribution in [0.5, 0.6) is 11.5 Å². The molecule has 0 atom stereocenters. The standard InChI is InChI=1S/C19H18N4O2/c1-24-15-7-6-14-17(18(15)25-2)22-16(23-11-10-21-19(14)23)8-5-13-4-3-9-20-12-13/h3-9,12H,10-11H2,1-2H3. The number of methoxy groups -OCH3 is 2. The van der Waals surface area contributed by atoms with Gasteiger partial charge in [-0.05, 0) is 35.9 Å². The van der Waals surface area contributed by atoms with Crippen LogP contribution < -0.4 is 9.47 Å². The first-order valence-corrected chi connectivity index (χ1v) is 8.06. The van der Waals surface area contributed by atoms with Crippen LogP contribution in [0.1, 0.15) is 11.1 Å². The van der Waals surface area contributed by atoms with E-state index in [0.717, 1.165) is 41.6 Å². The lowest BCUT2D eigenvalue weighted by Crippen LogP contribution is -2.36. The van der Waals surface area contributed by atoms with Gasteiger partial charge in [-0.1, -0.05) is 6.07 Å². The van der Waals surface area contributed by atoms with E-state index in [1.54, 1.807) is 20.4 Å². The van der Waals surface area contributed by atoms with Crippen LogP contribution in [-0.4, -0.2) is 48.9 Å². The molecule has 1 aromatic carbocycles. The molecule has 0 saturated carbocycles. The topological polar surface area (TPSA) is 59.3 Å². The summed E-state index contributed by atoms with van der Waals surface area (Å²) in [7, 11) is 3.25. The molecule has 3 heterocycles. The Bertz CT molecular complexity index is 888. The van der Waals surface area contributed by atoms with Crippen LogP contribution >= 0.6 is 0 Å². The van der Waals surface area contributed by atoms with Crippen LogP contribution in [-0.2, 0) is 0 Å². The quantitative estimate of drug-likeness (QED) is 0.862. The summed E-state index contributed by atoms with van der Waals surface area (Å²) in [4.78, 5) is 15.7. The number of nitrogens with zero attached hydrogens (tertiary/aromatic N) is 4. The van der Waals surface area contributed by atoms with Crippen LogP contribution in [0.4, 0.5) is 5.69 Å². The molecule has 0 unspecified atom stereocenters. The molecule has 0 spiro atoms. The second kappa shape index (κ2) is 6.39. The van der Waals surface area contributed by atoms with Crippen molar-refractivity contribution in [3.05, 3.63) is 53.9 Å². The summed E-state index contributed by atoms with van der Waals surface area (Å²) in [5, 5.41) is 0. The minimum atomic E-state index is 0.626. The van der Waals surface area contributed by atoms with Crippen LogP contribution in [0.2, 0.25) is 0 Å². The molecular weight excluding hydrogens is 316 g/mol. The highest BCUT2D eigenvalue weighted by atomic mass is 16.5. The molecule has 0 bridgehead atoms. The van der Waals surface area contributed by atoms with E-state index in [1.165, 1.54) is 0 Å². The van der Waals surface area contributed by atoms with Gasteiger partial charge in [0.1, 0.15) is 17.4 Å². The first-order valence-electron chi connectivity index (χ1n) is 8.06. The summed E-state index contributed by atoms with van der Waals surface area (Å²) in [6.07, 6.45) is 7.56. The highest BCUT2D eigenvalue weighted by Gasteiger charge is 2.31. The van der Waals surface area contributed by atoms with Gasteiger partial charge in [-0.2, -0.15) is 0 Å². The third kappa shape index (κ3) is 2.65. The van der Waals surface area contributed by atoms with Crippen molar-refractivity contribution in [1.29, 1.82) is 0 Å². The fourth-order valence-corrected chi connectivity index (χ4v) is 3.05. The maximum absolute atomic E-state index is 5.55. The first kappa shape index (κ1) is 15.4. The predicted molar refractivity (Wildman–Crippen MR) is 98.0 cm³/mol. The molecular formula is C19H18N4O2. The van der Waals surface area contributed by atoms with E-state index in [1.807, 2.05) is 42.6 Å². The third-order valence-electron chi connectivity index (χ3n) is 4.21. The molecule has 126 valence electrons. The van der Waals surface area contributed by atoms with Gasteiger partial charge in [-0.25, -0.2) is 4.99 Å². The summed E-state index contributed by atoms with van der Waals surface area (Å²) in [5.74, 6) is 3.05. The number of fused-ring (bicyclic) bond motifs is 3. The van der Waals surface area contributed by atoms with Crippen molar-refractivity contribution >= 4 is 23.4 Å². The van der Waals surface area contributed by atoms with Crippen molar-refractivity contribution in [2.75, 3.05) is 27.3 Å². The van der Waals surface area contributed by atoms with Crippen molar-refractivity contribution < 1.29 is 9.47 Å². The largest absolute Gasteiger partial charge is 0.493 e. The minimum absolute atomic E-state index is 0.626. The Hall–Kier alpha value is -3.15. The van der Waals surface area contributed by atoms with E-state index in [0.29, 0.717) is 11.5 Å².